The van der Waals surface area contributed by atoms with Crippen molar-refractivity contribution in [2.24, 2.45) is 7.05 Å². The van der Waals surface area contributed by atoms with Crippen LogP contribution in [0.5, 0.6) is 0 Å². The molecule has 2 heterocycles. The maximum absolute atomic E-state index is 11.4. The Morgan fingerprint density at radius 1 is 1.37 bits per heavy atom. The number of oxazole rings is 1. The highest BCUT2D eigenvalue weighted by atomic mass is 32.1. The van der Waals surface area contributed by atoms with Gasteiger partial charge >= 0.3 is 5.76 Å². The average molecular weight is 275 g/mol. The normalized spacial score (nSPS) is 13.0. The summed E-state index contributed by atoms with van der Waals surface area (Å²) in [6, 6.07) is 7.31. The van der Waals surface area contributed by atoms with Crippen LogP contribution in [0.2, 0.25) is 0 Å². The number of aromatic nitrogens is 1. The van der Waals surface area contributed by atoms with Gasteiger partial charge in [-0.25, -0.2) is 4.79 Å². The summed E-state index contributed by atoms with van der Waals surface area (Å²) in [7, 11) is 1.66. The number of thiophene rings is 1. The summed E-state index contributed by atoms with van der Waals surface area (Å²) in [5.41, 5.74) is 3.02. The molecule has 1 N–H and O–H groups in total. The lowest BCUT2D eigenvalue weighted by atomic mass is 10.1. The maximum Gasteiger partial charge on any atom is 0.419 e. The minimum absolute atomic E-state index is 0.394. The first-order valence-corrected chi connectivity index (χ1v) is 6.77. The lowest BCUT2D eigenvalue weighted by Crippen LogP contribution is -2.08. The second-order valence-corrected chi connectivity index (χ2v) is 5.47. The third kappa shape index (κ3) is 1.91. The predicted octanol–water partition coefficient (Wildman–Crippen LogP) is 2.58. The lowest BCUT2D eigenvalue weighted by Gasteiger charge is -2.10. The second kappa shape index (κ2) is 4.36. The number of rotatable bonds is 2. The molecule has 4 nitrogen and oxygen atoms in total. The third-order valence-corrected chi connectivity index (χ3v) is 4.35. The average Bonchev–Trinajstić information content (AvgIpc) is 2.93. The fourth-order valence-corrected chi connectivity index (χ4v) is 3.07. The first kappa shape index (κ1) is 12.2. The molecule has 0 fully saturated rings. The Bertz CT molecular complexity index is 796. The fourth-order valence-electron chi connectivity index (χ4n) is 2.14. The van der Waals surface area contributed by atoms with Gasteiger partial charge in [-0.1, -0.05) is 6.07 Å². The Kier molecular flexibility index (Phi) is 2.80. The number of hydrogen-bond acceptors (Lipinski definition) is 4. The Labute approximate surface area is 113 Å². The molecule has 3 aromatic rings. The summed E-state index contributed by atoms with van der Waals surface area (Å²) in [6.07, 6.45) is -0.685. The molecule has 0 bridgehead atoms. The van der Waals surface area contributed by atoms with Crippen molar-refractivity contribution in [1.82, 2.24) is 4.57 Å². The van der Waals surface area contributed by atoms with Crippen LogP contribution in [0.15, 0.2) is 38.9 Å². The van der Waals surface area contributed by atoms with Crippen molar-refractivity contribution in [1.29, 1.82) is 0 Å². The van der Waals surface area contributed by atoms with Gasteiger partial charge in [0.05, 0.1) is 5.52 Å². The summed E-state index contributed by atoms with van der Waals surface area (Å²) < 4.78 is 6.58. The molecule has 5 heteroatoms. The fraction of sp³-hybridized carbons (Fsp3) is 0.214. The molecule has 2 aromatic heterocycles. The van der Waals surface area contributed by atoms with Gasteiger partial charge in [-0.05, 0) is 41.6 Å². The predicted molar refractivity (Wildman–Crippen MR) is 74.6 cm³/mol. The maximum atomic E-state index is 11.4. The van der Waals surface area contributed by atoms with Gasteiger partial charge in [0.2, 0.25) is 0 Å². The Hall–Kier alpha value is -1.85. The minimum atomic E-state index is -0.685. The van der Waals surface area contributed by atoms with Crippen molar-refractivity contribution in [3.05, 3.63) is 56.2 Å². The summed E-state index contributed by atoms with van der Waals surface area (Å²) in [6.45, 7) is 1.97. The van der Waals surface area contributed by atoms with Gasteiger partial charge in [0, 0.05) is 11.9 Å². The number of nitrogens with zero attached hydrogens (tertiary/aromatic N) is 1. The SMILES string of the molecule is Cc1ccsc1C(O)c1ccc2c(c1)oc(=O)n2C. The molecule has 0 aliphatic carbocycles. The van der Waals surface area contributed by atoms with Gasteiger partial charge in [0.15, 0.2) is 5.58 Å². The molecule has 3 rings (SSSR count). The molecule has 0 amide bonds. The van der Waals surface area contributed by atoms with Crippen LogP contribution in [-0.4, -0.2) is 9.67 Å². The number of aliphatic hydroxyl groups is 1. The molecule has 0 radical (unpaired) electrons. The third-order valence-electron chi connectivity index (χ3n) is 3.28. The van der Waals surface area contributed by atoms with Crippen LogP contribution in [0.3, 0.4) is 0 Å². The zero-order chi connectivity index (χ0) is 13.6. The molecule has 0 aliphatic heterocycles. The van der Waals surface area contributed by atoms with Crippen molar-refractivity contribution < 1.29 is 9.52 Å². The van der Waals surface area contributed by atoms with Crippen LogP contribution in [-0.2, 0) is 7.05 Å². The summed E-state index contributed by atoms with van der Waals surface area (Å²) in [5.74, 6) is -0.394. The van der Waals surface area contributed by atoms with E-state index in [-0.39, 0.29) is 0 Å². The van der Waals surface area contributed by atoms with E-state index in [1.807, 2.05) is 24.4 Å². The van der Waals surface area contributed by atoms with Crippen LogP contribution in [0.1, 0.15) is 22.1 Å². The summed E-state index contributed by atoms with van der Waals surface area (Å²) in [5, 5.41) is 12.3. The zero-order valence-corrected chi connectivity index (χ0v) is 11.4. The molecular formula is C14H13NO3S. The standard InChI is InChI=1S/C14H13NO3S/c1-8-5-6-19-13(8)12(16)9-3-4-10-11(7-9)18-14(17)15(10)2/h3-7,12,16H,1-2H3. The van der Waals surface area contributed by atoms with Crippen LogP contribution < -0.4 is 5.76 Å². The second-order valence-electron chi connectivity index (χ2n) is 4.52. The Morgan fingerprint density at radius 2 is 2.16 bits per heavy atom. The Morgan fingerprint density at radius 3 is 2.84 bits per heavy atom. The number of benzene rings is 1. The van der Waals surface area contributed by atoms with Crippen molar-refractivity contribution in [2.45, 2.75) is 13.0 Å². The molecule has 1 aromatic carbocycles. The van der Waals surface area contributed by atoms with Crippen molar-refractivity contribution in [3.63, 3.8) is 0 Å². The lowest BCUT2D eigenvalue weighted by molar-refractivity contribution is 0.223. The molecule has 0 saturated carbocycles. The molecule has 0 aliphatic rings. The largest absolute Gasteiger partial charge is 0.419 e. The van der Waals surface area contributed by atoms with E-state index in [0.717, 1.165) is 21.5 Å². The van der Waals surface area contributed by atoms with Gasteiger partial charge in [-0.15, -0.1) is 11.3 Å². The topological polar surface area (TPSA) is 55.4 Å². The van der Waals surface area contributed by atoms with Crippen molar-refractivity contribution in [3.8, 4) is 0 Å². The summed E-state index contributed by atoms with van der Waals surface area (Å²) >= 11 is 1.52. The van der Waals surface area contributed by atoms with E-state index >= 15 is 0 Å². The summed E-state index contributed by atoms with van der Waals surface area (Å²) in [4.78, 5) is 12.4. The van der Waals surface area contributed by atoms with Gasteiger partial charge in [-0.3, -0.25) is 4.57 Å². The van der Waals surface area contributed by atoms with E-state index in [2.05, 4.69) is 0 Å². The number of hydrogen-bond donors (Lipinski definition) is 1. The molecule has 98 valence electrons. The van der Waals surface area contributed by atoms with E-state index < -0.39 is 11.9 Å². The molecule has 19 heavy (non-hydrogen) atoms. The van der Waals surface area contributed by atoms with Gasteiger partial charge in [0.1, 0.15) is 6.10 Å². The van der Waals surface area contributed by atoms with Crippen LogP contribution in [0.4, 0.5) is 0 Å². The smallest absolute Gasteiger partial charge is 0.408 e. The Balaban J connectivity index is 2.11. The van der Waals surface area contributed by atoms with Crippen LogP contribution in [0, 0.1) is 6.92 Å². The van der Waals surface area contributed by atoms with Crippen LogP contribution in [0.25, 0.3) is 11.1 Å². The van der Waals surface area contributed by atoms with Gasteiger partial charge in [0.25, 0.3) is 0 Å². The number of fused-ring (bicyclic) bond motifs is 1. The van der Waals surface area contributed by atoms with Crippen molar-refractivity contribution >= 4 is 22.4 Å². The highest BCUT2D eigenvalue weighted by molar-refractivity contribution is 7.10. The highest BCUT2D eigenvalue weighted by Gasteiger charge is 2.16. The van der Waals surface area contributed by atoms with E-state index in [0.29, 0.717) is 5.58 Å². The first-order chi connectivity index (χ1) is 9.08. The van der Waals surface area contributed by atoms with E-state index in [4.69, 9.17) is 4.42 Å². The monoisotopic (exact) mass is 275 g/mol. The molecule has 1 atom stereocenters. The van der Waals surface area contributed by atoms with Crippen molar-refractivity contribution in [2.75, 3.05) is 0 Å². The molecule has 0 spiro atoms. The quantitative estimate of drug-likeness (QED) is 0.782. The van der Waals surface area contributed by atoms with E-state index in [1.54, 1.807) is 19.2 Å². The van der Waals surface area contributed by atoms with E-state index in [9.17, 15) is 9.90 Å². The number of aliphatic hydroxyl groups excluding tert-OH is 1. The van der Waals surface area contributed by atoms with Crippen LogP contribution >= 0.6 is 11.3 Å². The van der Waals surface area contributed by atoms with E-state index in [1.165, 1.54) is 15.9 Å². The first-order valence-electron chi connectivity index (χ1n) is 5.89. The van der Waals surface area contributed by atoms with Gasteiger partial charge < -0.3 is 9.52 Å². The molecular weight excluding hydrogens is 262 g/mol. The number of aryl methyl sites for hydroxylation is 2. The van der Waals surface area contributed by atoms with Gasteiger partial charge in [-0.2, -0.15) is 0 Å². The molecule has 0 saturated heterocycles. The zero-order valence-electron chi connectivity index (χ0n) is 10.6. The molecule has 1 unspecified atom stereocenters. The highest BCUT2D eigenvalue weighted by Crippen LogP contribution is 2.30. The minimum Gasteiger partial charge on any atom is -0.408 e.